The fourth-order valence-corrected chi connectivity index (χ4v) is 4.29. The molecule has 0 spiro atoms. The van der Waals surface area contributed by atoms with Crippen LogP contribution in [0.3, 0.4) is 0 Å². The van der Waals surface area contributed by atoms with Crippen LogP contribution >= 0.6 is 11.8 Å². The maximum atomic E-state index is 6.04. The number of ether oxygens (including phenoxy) is 1. The van der Waals surface area contributed by atoms with Crippen LogP contribution in [0.4, 0.5) is 0 Å². The SMILES string of the molecule is CCCCCCCC(CCCCCC)C1OCCCS1. The van der Waals surface area contributed by atoms with Gasteiger partial charge in [-0.2, -0.15) is 0 Å². The first-order valence-electron chi connectivity index (χ1n) is 9.11. The van der Waals surface area contributed by atoms with Crippen LogP contribution in [0.25, 0.3) is 0 Å². The first kappa shape index (κ1) is 18.4. The van der Waals surface area contributed by atoms with Crippen LogP contribution < -0.4 is 0 Å². The molecule has 0 aromatic heterocycles. The molecule has 20 heavy (non-hydrogen) atoms. The van der Waals surface area contributed by atoms with Crippen molar-refractivity contribution in [1.29, 1.82) is 0 Å². The van der Waals surface area contributed by atoms with Crippen molar-refractivity contribution in [3.63, 3.8) is 0 Å². The molecule has 1 heterocycles. The number of hydrogen-bond acceptors (Lipinski definition) is 2. The number of rotatable bonds is 12. The molecular formula is C18H36OS. The fraction of sp³-hybridized carbons (Fsp3) is 1.00. The zero-order valence-electron chi connectivity index (χ0n) is 13.9. The van der Waals surface area contributed by atoms with E-state index in [0.29, 0.717) is 5.44 Å². The molecule has 0 radical (unpaired) electrons. The third kappa shape index (κ3) is 8.56. The standard InChI is InChI=1S/C18H36OS/c1-3-5-7-9-11-14-17(13-10-8-6-4-2)18-19-15-12-16-20-18/h17-18H,3-16H2,1-2H3. The van der Waals surface area contributed by atoms with Gasteiger partial charge in [0.05, 0.1) is 0 Å². The second-order valence-electron chi connectivity index (χ2n) is 6.28. The molecule has 2 atom stereocenters. The van der Waals surface area contributed by atoms with Crippen molar-refractivity contribution in [3.05, 3.63) is 0 Å². The smallest absolute Gasteiger partial charge is 0.106 e. The lowest BCUT2D eigenvalue weighted by Crippen LogP contribution is -2.25. The predicted octanol–water partition coefficient (Wildman–Crippen LogP) is 6.41. The molecule has 0 bridgehead atoms. The van der Waals surface area contributed by atoms with Gasteiger partial charge in [0.1, 0.15) is 5.44 Å². The average molecular weight is 301 g/mol. The summed E-state index contributed by atoms with van der Waals surface area (Å²) in [6.07, 6.45) is 16.6. The Bertz CT molecular complexity index is 202. The Morgan fingerprint density at radius 3 is 2.05 bits per heavy atom. The summed E-state index contributed by atoms with van der Waals surface area (Å²) in [5.41, 5.74) is 0.511. The van der Waals surface area contributed by atoms with Gasteiger partial charge in [0.2, 0.25) is 0 Å². The molecule has 0 saturated carbocycles. The average Bonchev–Trinajstić information content (AvgIpc) is 2.50. The normalized spacial score (nSPS) is 21.0. The number of thioether (sulfide) groups is 1. The molecule has 0 aliphatic carbocycles. The lowest BCUT2D eigenvalue weighted by Gasteiger charge is -2.30. The van der Waals surface area contributed by atoms with Crippen LogP contribution in [0.5, 0.6) is 0 Å². The molecule has 2 heteroatoms. The van der Waals surface area contributed by atoms with Crippen LogP contribution in [0.1, 0.15) is 90.9 Å². The molecular weight excluding hydrogens is 264 g/mol. The Hall–Kier alpha value is 0.310. The van der Waals surface area contributed by atoms with Gasteiger partial charge in [-0.05, 0) is 30.9 Å². The van der Waals surface area contributed by atoms with E-state index in [0.717, 1.165) is 12.5 Å². The Morgan fingerprint density at radius 1 is 0.900 bits per heavy atom. The van der Waals surface area contributed by atoms with Gasteiger partial charge in [0.25, 0.3) is 0 Å². The van der Waals surface area contributed by atoms with Crippen molar-refractivity contribution < 1.29 is 4.74 Å². The highest BCUT2D eigenvalue weighted by Crippen LogP contribution is 2.33. The van der Waals surface area contributed by atoms with Crippen molar-refractivity contribution in [2.45, 2.75) is 96.3 Å². The van der Waals surface area contributed by atoms with Crippen molar-refractivity contribution >= 4 is 11.8 Å². The van der Waals surface area contributed by atoms with Crippen LogP contribution in [0.2, 0.25) is 0 Å². The summed E-state index contributed by atoms with van der Waals surface area (Å²) in [6.45, 7) is 5.59. The van der Waals surface area contributed by atoms with E-state index in [1.165, 1.54) is 82.8 Å². The Labute approximate surface area is 131 Å². The minimum absolute atomic E-state index is 0.511. The van der Waals surface area contributed by atoms with Gasteiger partial charge >= 0.3 is 0 Å². The monoisotopic (exact) mass is 300 g/mol. The molecule has 1 rings (SSSR count). The summed E-state index contributed by atoms with van der Waals surface area (Å²) >= 11 is 2.08. The second kappa shape index (κ2) is 13.0. The molecule has 1 nitrogen and oxygen atoms in total. The van der Waals surface area contributed by atoms with E-state index in [4.69, 9.17) is 4.74 Å². The lowest BCUT2D eigenvalue weighted by molar-refractivity contribution is 0.0592. The largest absolute Gasteiger partial charge is 0.367 e. The first-order chi connectivity index (χ1) is 9.88. The molecule has 0 amide bonds. The Morgan fingerprint density at radius 2 is 1.50 bits per heavy atom. The van der Waals surface area contributed by atoms with Crippen molar-refractivity contribution in [3.8, 4) is 0 Å². The molecule has 1 fully saturated rings. The van der Waals surface area contributed by atoms with E-state index in [-0.39, 0.29) is 0 Å². The summed E-state index contributed by atoms with van der Waals surface area (Å²) in [5, 5.41) is 0. The second-order valence-corrected chi connectivity index (χ2v) is 7.48. The van der Waals surface area contributed by atoms with Gasteiger partial charge in [0.15, 0.2) is 0 Å². The fourth-order valence-electron chi connectivity index (χ4n) is 3.04. The number of hydrogen-bond donors (Lipinski definition) is 0. The molecule has 120 valence electrons. The number of unbranched alkanes of at least 4 members (excludes halogenated alkanes) is 7. The molecule has 0 N–H and O–H groups in total. The lowest BCUT2D eigenvalue weighted by atomic mass is 9.94. The summed E-state index contributed by atoms with van der Waals surface area (Å²) < 4.78 is 6.04. The van der Waals surface area contributed by atoms with Crippen molar-refractivity contribution in [2.75, 3.05) is 12.4 Å². The Balaban J connectivity index is 2.22. The van der Waals surface area contributed by atoms with Crippen LogP contribution in [0, 0.1) is 5.92 Å². The minimum atomic E-state index is 0.511. The van der Waals surface area contributed by atoms with Gasteiger partial charge < -0.3 is 4.74 Å². The molecule has 1 aliphatic heterocycles. The topological polar surface area (TPSA) is 9.23 Å². The van der Waals surface area contributed by atoms with Crippen molar-refractivity contribution in [2.24, 2.45) is 5.92 Å². The molecule has 0 aromatic carbocycles. The van der Waals surface area contributed by atoms with Crippen LogP contribution in [-0.2, 0) is 4.74 Å². The van der Waals surface area contributed by atoms with E-state index in [2.05, 4.69) is 25.6 Å². The van der Waals surface area contributed by atoms with E-state index in [1.807, 2.05) is 0 Å². The molecule has 0 aromatic rings. The maximum absolute atomic E-state index is 6.04. The van der Waals surface area contributed by atoms with Gasteiger partial charge in [0, 0.05) is 6.61 Å². The highest BCUT2D eigenvalue weighted by Gasteiger charge is 2.24. The summed E-state index contributed by atoms with van der Waals surface area (Å²) in [5.74, 6) is 2.13. The maximum Gasteiger partial charge on any atom is 0.106 e. The zero-order chi connectivity index (χ0) is 14.5. The highest BCUT2D eigenvalue weighted by atomic mass is 32.2. The van der Waals surface area contributed by atoms with E-state index in [1.54, 1.807) is 0 Å². The zero-order valence-corrected chi connectivity index (χ0v) is 14.7. The van der Waals surface area contributed by atoms with E-state index >= 15 is 0 Å². The molecule has 2 unspecified atom stereocenters. The third-order valence-corrected chi connectivity index (χ3v) is 5.72. The predicted molar refractivity (Wildman–Crippen MR) is 92.4 cm³/mol. The van der Waals surface area contributed by atoms with Crippen LogP contribution in [0.15, 0.2) is 0 Å². The first-order valence-corrected chi connectivity index (χ1v) is 10.2. The summed E-state index contributed by atoms with van der Waals surface area (Å²) in [6, 6.07) is 0. The Kier molecular flexibility index (Phi) is 11.9. The third-order valence-electron chi connectivity index (χ3n) is 4.34. The quantitative estimate of drug-likeness (QED) is 0.385. The molecule has 1 saturated heterocycles. The van der Waals surface area contributed by atoms with Crippen molar-refractivity contribution in [1.82, 2.24) is 0 Å². The summed E-state index contributed by atoms with van der Waals surface area (Å²) in [7, 11) is 0. The van der Waals surface area contributed by atoms with E-state index in [9.17, 15) is 0 Å². The molecule has 1 aliphatic rings. The van der Waals surface area contributed by atoms with Gasteiger partial charge in [-0.1, -0.05) is 71.6 Å². The van der Waals surface area contributed by atoms with E-state index < -0.39 is 0 Å². The van der Waals surface area contributed by atoms with Gasteiger partial charge in [-0.15, -0.1) is 11.8 Å². The minimum Gasteiger partial charge on any atom is -0.367 e. The van der Waals surface area contributed by atoms with Crippen LogP contribution in [-0.4, -0.2) is 17.8 Å². The van der Waals surface area contributed by atoms with Gasteiger partial charge in [-0.25, -0.2) is 0 Å². The highest BCUT2D eigenvalue weighted by molar-refractivity contribution is 7.99. The van der Waals surface area contributed by atoms with Gasteiger partial charge in [-0.3, -0.25) is 0 Å². The summed E-state index contributed by atoms with van der Waals surface area (Å²) in [4.78, 5) is 0.